The van der Waals surface area contributed by atoms with Crippen LogP contribution in [0.1, 0.15) is 18.6 Å². The zero-order valence-corrected chi connectivity index (χ0v) is 10.7. The van der Waals surface area contributed by atoms with Crippen LogP contribution in [0.5, 0.6) is 0 Å². The standard InChI is InChI=1S/C13H19F2NO2/c1-3-16(7-8-18-2)9-12(17)10-5-4-6-11(14)13(10)15/h4-6,12,17H,3,7-9H2,1-2H3. The summed E-state index contributed by atoms with van der Waals surface area (Å²) >= 11 is 0. The van der Waals surface area contributed by atoms with Crippen LogP contribution < -0.4 is 0 Å². The SMILES string of the molecule is CCN(CCOC)CC(O)c1cccc(F)c1F. The zero-order valence-electron chi connectivity index (χ0n) is 10.7. The molecular formula is C13H19F2NO2. The minimum absolute atomic E-state index is 0.00846. The van der Waals surface area contributed by atoms with Crippen molar-refractivity contribution in [3.05, 3.63) is 35.4 Å². The summed E-state index contributed by atoms with van der Waals surface area (Å²) in [5.74, 6) is -1.92. The van der Waals surface area contributed by atoms with Crippen LogP contribution in [-0.2, 0) is 4.74 Å². The van der Waals surface area contributed by atoms with E-state index in [9.17, 15) is 13.9 Å². The number of nitrogens with zero attached hydrogens (tertiary/aromatic N) is 1. The second kappa shape index (κ2) is 7.41. The Labute approximate surface area is 106 Å². The van der Waals surface area contributed by atoms with Gasteiger partial charge in [-0.3, -0.25) is 4.90 Å². The Hall–Kier alpha value is -1.04. The maximum Gasteiger partial charge on any atom is 0.164 e. The molecule has 0 amide bonds. The lowest BCUT2D eigenvalue weighted by Gasteiger charge is -2.23. The quantitative estimate of drug-likeness (QED) is 0.812. The predicted molar refractivity (Wildman–Crippen MR) is 65.3 cm³/mol. The van der Waals surface area contributed by atoms with E-state index in [0.29, 0.717) is 19.7 Å². The van der Waals surface area contributed by atoms with Crippen LogP contribution in [-0.4, -0.2) is 43.4 Å². The van der Waals surface area contributed by atoms with E-state index in [2.05, 4.69) is 0 Å². The van der Waals surface area contributed by atoms with Gasteiger partial charge in [0.1, 0.15) is 0 Å². The van der Waals surface area contributed by atoms with Gasteiger partial charge in [-0.25, -0.2) is 8.78 Å². The molecule has 0 heterocycles. The van der Waals surface area contributed by atoms with E-state index in [-0.39, 0.29) is 12.1 Å². The topological polar surface area (TPSA) is 32.7 Å². The first kappa shape index (κ1) is 15.0. The molecule has 102 valence electrons. The van der Waals surface area contributed by atoms with Gasteiger partial charge in [0.2, 0.25) is 0 Å². The van der Waals surface area contributed by atoms with Crippen LogP contribution in [0.2, 0.25) is 0 Å². The first-order valence-corrected chi connectivity index (χ1v) is 5.93. The predicted octanol–water partition coefficient (Wildman–Crippen LogP) is 1.97. The number of benzene rings is 1. The van der Waals surface area contributed by atoms with E-state index >= 15 is 0 Å². The Kier molecular flexibility index (Phi) is 6.18. The van der Waals surface area contributed by atoms with Crippen molar-refractivity contribution in [2.75, 3.05) is 33.4 Å². The molecule has 5 heteroatoms. The lowest BCUT2D eigenvalue weighted by atomic mass is 10.1. The minimum Gasteiger partial charge on any atom is -0.387 e. The molecule has 1 aromatic rings. The molecule has 0 aliphatic rings. The Morgan fingerprint density at radius 1 is 1.39 bits per heavy atom. The summed E-state index contributed by atoms with van der Waals surface area (Å²) in [5, 5.41) is 9.94. The van der Waals surface area contributed by atoms with E-state index in [1.165, 1.54) is 12.1 Å². The highest BCUT2D eigenvalue weighted by molar-refractivity contribution is 5.21. The van der Waals surface area contributed by atoms with Crippen LogP contribution in [0.4, 0.5) is 8.78 Å². The molecule has 0 spiro atoms. The normalized spacial score (nSPS) is 13.0. The van der Waals surface area contributed by atoms with Crippen molar-refractivity contribution in [3.8, 4) is 0 Å². The molecule has 18 heavy (non-hydrogen) atoms. The summed E-state index contributed by atoms with van der Waals surface area (Å²) in [6.07, 6.45) is -1.04. The van der Waals surface area contributed by atoms with Gasteiger partial charge in [-0.05, 0) is 12.6 Å². The summed E-state index contributed by atoms with van der Waals surface area (Å²) in [7, 11) is 1.59. The number of aliphatic hydroxyl groups is 1. The zero-order chi connectivity index (χ0) is 13.5. The molecule has 0 saturated heterocycles. The van der Waals surface area contributed by atoms with Crippen molar-refractivity contribution >= 4 is 0 Å². The fraction of sp³-hybridized carbons (Fsp3) is 0.538. The molecule has 0 bridgehead atoms. The third kappa shape index (κ3) is 4.01. The van der Waals surface area contributed by atoms with Crippen LogP contribution in [0.15, 0.2) is 18.2 Å². The Bertz CT molecular complexity index is 374. The number of hydrogen-bond donors (Lipinski definition) is 1. The molecule has 0 saturated carbocycles. The average molecular weight is 259 g/mol. The maximum atomic E-state index is 13.5. The third-order valence-electron chi connectivity index (χ3n) is 2.83. The molecule has 1 atom stereocenters. The highest BCUT2D eigenvalue weighted by Crippen LogP contribution is 2.20. The molecule has 1 rings (SSSR count). The van der Waals surface area contributed by atoms with E-state index in [1.807, 2.05) is 11.8 Å². The van der Waals surface area contributed by atoms with Crippen LogP contribution in [0.3, 0.4) is 0 Å². The van der Waals surface area contributed by atoms with Crippen molar-refractivity contribution in [3.63, 3.8) is 0 Å². The number of halogens is 2. The van der Waals surface area contributed by atoms with E-state index < -0.39 is 17.7 Å². The first-order valence-electron chi connectivity index (χ1n) is 5.93. The monoisotopic (exact) mass is 259 g/mol. The number of ether oxygens (including phenoxy) is 1. The largest absolute Gasteiger partial charge is 0.387 e. The van der Waals surface area contributed by atoms with Crippen LogP contribution in [0, 0.1) is 11.6 Å². The fourth-order valence-electron chi connectivity index (χ4n) is 1.72. The molecule has 1 aromatic carbocycles. The summed E-state index contributed by atoms with van der Waals surface area (Å²) in [4.78, 5) is 1.92. The van der Waals surface area contributed by atoms with Gasteiger partial charge in [-0.15, -0.1) is 0 Å². The van der Waals surface area contributed by atoms with Gasteiger partial charge < -0.3 is 9.84 Å². The number of aliphatic hydroxyl groups excluding tert-OH is 1. The molecular weight excluding hydrogens is 240 g/mol. The number of methoxy groups -OCH3 is 1. The lowest BCUT2D eigenvalue weighted by molar-refractivity contribution is 0.0896. The average Bonchev–Trinajstić information content (AvgIpc) is 2.37. The third-order valence-corrected chi connectivity index (χ3v) is 2.83. The second-order valence-electron chi connectivity index (χ2n) is 4.04. The van der Waals surface area contributed by atoms with Crippen LogP contribution in [0.25, 0.3) is 0 Å². The molecule has 0 fully saturated rings. The smallest absolute Gasteiger partial charge is 0.164 e. The van der Waals surface area contributed by atoms with E-state index in [4.69, 9.17) is 4.74 Å². The number of likely N-dealkylation sites (N-methyl/N-ethyl adjacent to an activating group) is 1. The molecule has 1 N–H and O–H groups in total. The van der Waals surface area contributed by atoms with Crippen molar-refractivity contribution < 1.29 is 18.6 Å². The minimum atomic E-state index is -1.04. The second-order valence-corrected chi connectivity index (χ2v) is 4.04. The summed E-state index contributed by atoms with van der Waals surface area (Å²) in [6, 6.07) is 3.82. The Balaban J connectivity index is 2.68. The van der Waals surface area contributed by atoms with E-state index in [0.717, 1.165) is 6.07 Å². The van der Waals surface area contributed by atoms with Crippen molar-refractivity contribution in [2.45, 2.75) is 13.0 Å². The number of rotatable bonds is 7. The van der Waals surface area contributed by atoms with Gasteiger partial charge in [0.05, 0.1) is 12.7 Å². The molecule has 0 radical (unpaired) electrons. The highest BCUT2D eigenvalue weighted by atomic mass is 19.2. The van der Waals surface area contributed by atoms with Gasteiger partial charge in [-0.2, -0.15) is 0 Å². The van der Waals surface area contributed by atoms with Gasteiger partial charge in [0.15, 0.2) is 11.6 Å². The molecule has 3 nitrogen and oxygen atoms in total. The fourth-order valence-corrected chi connectivity index (χ4v) is 1.72. The van der Waals surface area contributed by atoms with Crippen LogP contribution >= 0.6 is 0 Å². The first-order chi connectivity index (χ1) is 8.60. The van der Waals surface area contributed by atoms with Crippen molar-refractivity contribution in [1.29, 1.82) is 0 Å². The van der Waals surface area contributed by atoms with Crippen molar-refractivity contribution in [2.24, 2.45) is 0 Å². The lowest BCUT2D eigenvalue weighted by Crippen LogP contribution is -2.31. The van der Waals surface area contributed by atoms with Gasteiger partial charge >= 0.3 is 0 Å². The molecule has 0 aliphatic carbocycles. The van der Waals surface area contributed by atoms with Gasteiger partial charge in [-0.1, -0.05) is 19.1 Å². The Morgan fingerprint density at radius 2 is 2.11 bits per heavy atom. The van der Waals surface area contributed by atoms with Gasteiger partial charge in [0.25, 0.3) is 0 Å². The summed E-state index contributed by atoms with van der Waals surface area (Å²) in [6.45, 7) is 4.06. The summed E-state index contributed by atoms with van der Waals surface area (Å²) in [5.41, 5.74) is -0.00846. The molecule has 0 aromatic heterocycles. The molecule has 0 aliphatic heterocycles. The maximum absolute atomic E-state index is 13.5. The molecule has 1 unspecified atom stereocenters. The van der Waals surface area contributed by atoms with Crippen molar-refractivity contribution in [1.82, 2.24) is 4.90 Å². The van der Waals surface area contributed by atoms with E-state index in [1.54, 1.807) is 7.11 Å². The van der Waals surface area contributed by atoms with Gasteiger partial charge in [0, 0.05) is 25.8 Å². The Morgan fingerprint density at radius 3 is 2.72 bits per heavy atom. The summed E-state index contributed by atoms with van der Waals surface area (Å²) < 4.78 is 31.5. The number of hydrogen-bond acceptors (Lipinski definition) is 3. The highest BCUT2D eigenvalue weighted by Gasteiger charge is 2.18.